The lowest BCUT2D eigenvalue weighted by Crippen LogP contribution is -2.38. The second-order valence-corrected chi connectivity index (χ2v) is 8.62. The van der Waals surface area contributed by atoms with Crippen molar-refractivity contribution < 1.29 is 8.42 Å². The molecule has 1 saturated heterocycles. The predicted molar refractivity (Wildman–Crippen MR) is 95.5 cm³/mol. The molecule has 0 saturated carbocycles. The second kappa shape index (κ2) is 7.02. The zero-order chi connectivity index (χ0) is 16.3. The van der Waals surface area contributed by atoms with E-state index in [1.165, 1.54) is 25.7 Å². The predicted octanol–water partition coefficient (Wildman–Crippen LogP) is 3.88. The van der Waals surface area contributed by atoms with Gasteiger partial charge in [0.05, 0.1) is 10.6 Å². The number of fused-ring (bicyclic) bond motifs is 1. The van der Waals surface area contributed by atoms with Crippen molar-refractivity contribution in [1.82, 2.24) is 4.90 Å². The highest BCUT2D eigenvalue weighted by Gasteiger charge is 2.23. The summed E-state index contributed by atoms with van der Waals surface area (Å²) >= 11 is 0. The Kier molecular flexibility index (Phi) is 5.02. The Morgan fingerprint density at radius 1 is 0.957 bits per heavy atom. The van der Waals surface area contributed by atoms with E-state index in [0.29, 0.717) is 4.90 Å². The average Bonchev–Trinajstić information content (AvgIpc) is 2.83. The van der Waals surface area contributed by atoms with Gasteiger partial charge in [-0.3, -0.25) is 4.90 Å². The molecular formula is C19H25NO2S. The van der Waals surface area contributed by atoms with E-state index in [4.69, 9.17) is 0 Å². The molecule has 0 aromatic heterocycles. The van der Waals surface area contributed by atoms with Gasteiger partial charge in [0.1, 0.15) is 0 Å². The summed E-state index contributed by atoms with van der Waals surface area (Å²) in [4.78, 5) is 2.78. The number of nitrogens with zero attached hydrogens (tertiary/aromatic N) is 1. The lowest BCUT2D eigenvalue weighted by Gasteiger charge is -2.27. The highest BCUT2D eigenvalue weighted by Crippen LogP contribution is 2.22. The molecule has 2 aromatic carbocycles. The number of benzene rings is 2. The Labute approximate surface area is 139 Å². The van der Waals surface area contributed by atoms with Gasteiger partial charge in [-0.2, -0.15) is 0 Å². The van der Waals surface area contributed by atoms with Crippen LogP contribution in [-0.4, -0.2) is 38.2 Å². The molecule has 3 nitrogen and oxygen atoms in total. The van der Waals surface area contributed by atoms with Gasteiger partial charge in [0.25, 0.3) is 0 Å². The Bertz CT molecular complexity index is 762. The molecule has 4 heteroatoms. The molecule has 0 N–H and O–H groups in total. The van der Waals surface area contributed by atoms with E-state index >= 15 is 0 Å². The summed E-state index contributed by atoms with van der Waals surface area (Å²) in [5.41, 5.74) is 0. The van der Waals surface area contributed by atoms with Gasteiger partial charge in [-0.05, 0) is 55.8 Å². The maximum atomic E-state index is 12.8. The molecule has 1 atom stereocenters. The smallest absolute Gasteiger partial charge is 0.179 e. The summed E-state index contributed by atoms with van der Waals surface area (Å²) in [6, 6.07) is 13.4. The summed E-state index contributed by atoms with van der Waals surface area (Å²) < 4.78 is 25.6. The lowest BCUT2D eigenvalue weighted by molar-refractivity contribution is 0.232. The molecule has 1 aliphatic heterocycles. The summed E-state index contributed by atoms with van der Waals surface area (Å²) in [7, 11) is -3.25. The third-order valence-corrected chi connectivity index (χ3v) is 6.70. The van der Waals surface area contributed by atoms with Crippen LogP contribution < -0.4 is 0 Å². The van der Waals surface area contributed by atoms with Gasteiger partial charge in [0.2, 0.25) is 0 Å². The van der Waals surface area contributed by atoms with Crippen LogP contribution in [-0.2, 0) is 9.84 Å². The molecule has 0 bridgehead atoms. The minimum Gasteiger partial charge on any atom is -0.300 e. The standard InChI is InChI=1S/C19H25NO2S/c1-16(20-12-6-2-3-7-13-20)15-23(21,22)19-11-10-17-8-4-5-9-18(17)14-19/h4-5,8-11,14,16H,2-3,6-7,12-13,15H2,1H3/t16-/m1/s1. The number of sulfone groups is 1. The van der Waals surface area contributed by atoms with E-state index in [0.717, 1.165) is 23.9 Å². The van der Waals surface area contributed by atoms with Crippen LogP contribution in [0.15, 0.2) is 47.4 Å². The van der Waals surface area contributed by atoms with Gasteiger partial charge in [0.15, 0.2) is 9.84 Å². The monoisotopic (exact) mass is 331 g/mol. The molecule has 0 amide bonds. The topological polar surface area (TPSA) is 37.4 Å². The molecule has 1 heterocycles. The average molecular weight is 331 g/mol. The first-order chi connectivity index (χ1) is 11.1. The Hall–Kier alpha value is -1.39. The third-order valence-electron chi connectivity index (χ3n) is 4.80. The van der Waals surface area contributed by atoms with E-state index < -0.39 is 9.84 Å². The molecule has 0 spiro atoms. The van der Waals surface area contributed by atoms with Crippen LogP contribution >= 0.6 is 0 Å². The van der Waals surface area contributed by atoms with Crippen LogP contribution in [0.3, 0.4) is 0 Å². The fourth-order valence-corrected chi connectivity index (χ4v) is 5.04. The van der Waals surface area contributed by atoms with Crippen LogP contribution in [0.2, 0.25) is 0 Å². The van der Waals surface area contributed by atoms with Gasteiger partial charge in [-0.15, -0.1) is 0 Å². The van der Waals surface area contributed by atoms with E-state index in [1.54, 1.807) is 12.1 Å². The molecule has 1 aliphatic rings. The van der Waals surface area contributed by atoms with Crippen LogP contribution in [0, 0.1) is 0 Å². The molecule has 2 aromatic rings. The summed E-state index contributed by atoms with van der Waals surface area (Å²) in [5.74, 6) is 0.200. The van der Waals surface area contributed by atoms with Gasteiger partial charge in [0, 0.05) is 6.04 Å². The van der Waals surface area contributed by atoms with Gasteiger partial charge in [-0.25, -0.2) is 8.42 Å². The van der Waals surface area contributed by atoms with Crippen molar-refractivity contribution in [3.05, 3.63) is 42.5 Å². The van der Waals surface area contributed by atoms with Crippen molar-refractivity contribution >= 4 is 20.6 Å². The van der Waals surface area contributed by atoms with Crippen LogP contribution in [0.25, 0.3) is 10.8 Å². The van der Waals surface area contributed by atoms with Crippen molar-refractivity contribution in [3.63, 3.8) is 0 Å². The molecule has 3 rings (SSSR count). The van der Waals surface area contributed by atoms with Crippen molar-refractivity contribution in [2.24, 2.45) is 0 Å². The Morgan fingerprint density at radius 2 is 1.61 bits per heavy atom. The molecule has 0 aliphatic carbocycles. The highest BCUT2D eigenvalue weighted by molar-refractivity contribution is 7.91. The lowest BCUT2D eigenvalue weighted by atomic mass is 10.1. The minimum absolute atomic E-state index is 0.0737. The molecule has 0 radical (unpaired) electrons. The van der Waals surface area contributed by atoms with E-state index in [1.807, 2.05) is 37.3 Å². The maximum absolute atomic E-state index is 12.8. The molecule has 1 fully saturated rings. The van der Waals surface area contributed by atoms with E-state index in [2.05, 4.69) is 4.90 Å². The van der Waals surface area contributed by atoms with Crippen LogP contribution in [0.4, 0.5) is 0 Å². The highest BCUT2D eigenvalue weighted by atomic mass is 32.2. The van der Waals surface area contributed by atoms with Crippen LogP contribution in [0.5, 0.6) is 0 Å². The van der Waals surface area contributed by atoms with Gasteiger partial charge < -0.3 is 0 Å². The van der Waals surface area contributed by atoms with E-state index in [9.17, 15) is 8.42 Å². The fourth-order valence-electron chi connectivity index (χ4n) is 3.42. The molecule has 124 valence electrons. The number of likely N-dealkylation sites (tertiary alicyclic amines) is 1. The SMILES string of the molecule is C[C@H](CS(=O)(=O)c1ccc2ccccc2c1)N1CCCCCC1. The zero-order valence-corrected chi connectivity index (χ0v) is 14.6. The van der Waals surface area contributed by atoms with Crippen molar-refractivity contribution in [3.8, 4) is 0 Å². The van der Waals surface area contributed by atoms with Crippen molar-refractivity contribution in [1.29, 1.82) is 0 Å². The zero-order valence-electron chi connectivity index (χ0n) is 13.7. The van der Waals surface area contributed by atoms with Gasteiger partial charge in [-0.1, -0.05) is 43.2 Å². The Balaban J connectivity index is 1.79. The van der Waals surface area contributed by atoms with Crippen molar-refractivity contribution in [2.75, 3.05) is 18.8 Å². The maximum Gasteiger partial charge on any atom is 0.179 e. The van der Waals surface area contributed by atoms with E-state index in [-0.39, 0.29) is 11.8 Å². The second-order valence-electron chi connectivity index (χ2n) is 6.59. The summed E-state index contributed by atoms with van der Waals surface area (Å²) in [5, 5.41) is 2.06. The molecule has 23 heavy (non-hydrogen) atoms. The number of hydrogen-bond donors (Lipinski definition) is 0. The number of hydrogen-bond acceptors (Lipinski definition) is 3. The molecular weight excluding hydrogens is 306 g/mol. The Morgan fingerprint density at radius 3 is 2.30 bits per heavy atom. The first-order valence-electron chi connectivity index (χ1n) is 8.52. The van der Waals surface area contributed by atoms with Crippen molar-refractivity contribution in [2.45, 2.75) is 43.5 Å². The van der Waals surface area contributed by atoms with Crippen LogP contribution in [0.1, 0.15) is 32.6 Å². The number of rotatable bonds is 4. The quantitative estimate of drug-likeness (QED) is 0.853. The summed E-state index contributed by atoms with van der Waals surface area (Å²) in [6.07, 6.45) is 4.89. The van der Waals surface area contributed by atoms with Gasteiger partial charge >= 0.3 is 0 Å². The normalized spacial score (nSPS) is 18.7. The molecule has 0 unspecified atom stereocenters. The fraction of sp³-hybridized carbons (Fsp3) is 0.474. The minimum atomic E-state index is -3.25. The first-order valence-corrected chi connectivity index (χ1v) is 10.2. The third kappa shape index (κ3) is 3.93. The first kappa shape index (κ1) is 16.5. The largest absolute Gasteiger partial charge is 0.300 e. The summed E-state index contributed by atoms with van der Waals surface area (Å²) in [6.45, 7) is 4.09.